The molecule has 1 aliphatic carbocycles. The fraction of sp³-hybridized carbons (Fsp3) is 0.504. The average Bonchev–Trinajstić information content (AvgIpc) is 1.91. The van der Waals surface area contributed by atoms with Gasteiger partial charge in [-0.15, -0.1) is 0 Å². The lowest BCUT2D eigenvalue weighted by Crippen LogP contribution is -2.11. The van der Waals surface area contributed by atoms with Crippen LogP contribution in [0.25, 0.3) is 65.3 Å². The van der Waals surface area contributed by atoms with Gasteiger partial charge in [0.15, 0.2) is 5.65 Å². The highest BCUT2D eigenvalue weighted by Crippen LogP contribution is 2.20. The number of ether oxygens (including phenoxy) is 2. The minimum absolute atomic E-state index is 0.500. The van der Waals surface area contributed by atoms with Gasteiger partial charge in [-0.2, -0.15) is 43.9 Å². The highest BCUT2D eigenvalue weighted by Gasteiger charge is 1.98. The number of benzene rings is 7. The van der Waals surface area contributed by atoms with Gasteiger partial charge in [-0.3, -0.25) is 15.0 Å². The fourth-order valence-electron chi connectivity index (χ4n) is 8.14. The van der Waals surface area contributed by atoms with Gasteiger partial charge in [0.05, 0.1) is 48.4 Å². The predicted octanol–water partition coefficient (Wildman–Crippen LogP) is 38.4. The lowest BCUT2D eigenvalue weighted by Gasteiger charge is -1.92. The van der Waals surface area contributed by atoms with Crippen LogP contribution in [0.15, 0.2) is 274 Å². The van der Waals surface area contributed by atoms with Crippen molar-refractivity contribution < 1.29 is 9.47 Å². The second-order valence-electron chi connectivity index (χ2n) is 18.8. The van der Waals surface area contributed by atoms with Crippen LogP contribution in [0, 0.1) is 0 Å². The van der Waals surface area contributed by atoms with Crippen molar-refractivity contribution in [2.75, 3.05) is 56.4 Å². The van der Waals surface area contributed by atoms with Gasteiger partial charge in [0.2, 0.25) is 0 Å². The molecule has 4 aliphatic rings. The van der Waals surface area contributed by atoms with Crippen LogP contribution in [0.4, 0.5) is 0 Å². The number of hydrogen-bond donors (Lipinski definition) is 2. The number of nitrogens with one attached hydrogen (secondary N) is 2. The second-order valence-corrected chi connectivity index (χ2v) is 21.4. The smallest absolute Gasteiger partial charge is 0.159 e. The second kappa shape index (κ2) is 167. The Balaban J connectivity index is -0.0000000757. The standard InChI is InChI=1S/C10H8.C9H7N.4C8H6N2.C6H6.C5H10.C3H8N2.C3H6O2.C3H6S2.22C2H6/c1-2-6-10-8-4-3-7-9(10)5-1;1-2-4-9-7-10-6-5-8(9)3-1;1-3-7-4-2-6-10-8(7)9-5-1;1-2-4-8-6-10-9-5-7(8)3-1;1-2-4-8-7(3-1)9-5-6-10-8;1-2-4-8-7(3-1)5-6-9-10-8;1-2-4-6-5-3-1;1-2-4-5-3-1;3*1-2-5-3-4-1;22*1-2/h1-8H;1-7H;4*1-6H;1-6H;1-5H2;4-5H,1-3H2;2*1-3H2;22*1-2H3. The van der Waals surface area contributed by atoms with Gasteiger partial charge in [0.25, 0.3) is 0 Å². The maximum atomic E-state index is 4.72. The number of hydrogen-bond acceptors (Lipinski definition) is 15. The quantitative estimate of drug-likeness (QED) is 0.148. The molecule has 0 bridgehead atoms. The van der Waals surface area contributed by atoms with Crippen LogP contribution < -0.4 is 10.6 Å². The van der Waals surface area contributed by atoms with Crippen molar-refractivity contribution in [3.8, 4) is 0 Å². The number of para-hydroxylation sites is 2. The molecule has 13 nitrogen and oxygen atoms in total. The van der Waals surface area contributed by atoms with E-state index in [0.717, 1.165) is 76.7 Å². The Morgan fingerprint density at radius 1 is 0.231 bits per heavy atom. The maximum Gasteiger partial charge on any atom is 0.159 e. The van der Waals surface area contributed by atoms with Crippen LogP contribution in [0.2, 0.25) is 0 Å². The van der Waals surface area contributed by atoms with E-state index in [0.29, 0.717) is 6.79 Å². The van der Waals surface area contributed by atoms with E-state index in [4.69, 9.17) is 9.47 Å². The van der Waals surface area contributed by atoms with Gasteiger partial charge in [-0.1, -0.05) is 501 Å². The molecule has 0 radical (unpaired) electrons. The van der Waals surface area contributed by atoms with E-state index in [-0.39, 0.29) is 0 Å². The van der Waals surface area contributed by atoms with Gasteiger partial charge >= 0.3 is 0 Å². The lowest BCUT2D eigenvalue weighted by molar-refractivity contribution is 0.0692. The molecule has 746 valence electrons. The van der Waals surface area contributed by atoms with Crippen LogP contribution in [0.3, 0.4) is 0 Å². The number of thioether (sulfide) groups is 2. The summed E-state index contributed by atoms with van der Waals surface area (Å²) < 4.78 is 9.44. The first-order valence-corrected chi connectivity index (χ1v) is 53.2. The minimum atomic E-state index is 0.500. The monoisotopic (exact) mass is 1840 g/mol. The summed E-state index contributed by atoms with van der Waals surface area (Å²) in [7, 11) is 0. The highest BCUT2D eigenvalue weighted by molar-refractivity contribution is 8.19. The first-order valence-electron chi connectivity index (χ1n) is 50.9. The number of pyridine rings is 3. The fourth-order valence-corrected chi connectivity index (χ4v) is 10.5. The molecule has 9 heterocycles. The topological polar surface area (TPSA) is 159 Å². The summed E-state index contributed by atoms with van der Waals surface area (Å²) in [5.74, 6) is 2.76. The summed E-state index contributed by atoms with van der Waals surface area (Å²) in [6.45, 7) is 93.3. The Kier molecular flexibility index (Phi) is 203. The van der Waals surface area contributed by atoms with Crippen molar-refractivity contribution >= 4 is 88.8 Å². The third-order valence-electron chi connectivity index (χ3n) is 12.6. The number of aromatic nitrogens is 9. The number of rotatable bonds is 0. The van der Waals surface area contributed by atoms with E-state index >= 15 is 0 Å². The van der Waals surface area contributed by atoms with Gasteiger partial charge in [0.1, 0.15) is 6.79 Å². The molecule has 3 saturated heterocycles. The average molecular weight is 1840 g/mol. The van der Waals surface area contributed by atoms with E-state index in [1.165, 1.54) is 70.2 Å². The summed E-state index contributed by atoms with van der Waals surface area (Å²) in [4.78, 5) is 20.4. The predicted molar refractivity (Wildman–Crippen MR) is 610 cm³/mol. The Bertz CT molecular complexity index is 2790. The van der Waals surface area contributed by atoms with Crippen LogP contribution in [-0.2, 0) is 9.47 Å². The van der Waals surface area contributed by atoms with E-state index in [2.05, 4.69) is 117 Å². The van der Waals surface area contributed by atoms with Crippen molar-refractivity contribution in [1.82, 2.24) is 55.9 Å². The molecule has 2 N–H and O–H groups in total. The largest absolute Gasteiger partial charge is 0.353 e. The summed E-state index contributed by atoms with van der Waals surface area (Å²) >= 11 is 4.07. The molecule has 13 aromatic rings. The summed E-state index contributed by atoms with van der Waals surface area (Å²) in [6, 6.07) is 72.4. The molecule has 0 spiro atoms. The molecule has 6 aromatic heterocycles. The maximum absolute atomic E-state index is 4.72. The molecule has 15 heteroatoms. The zero-order valence-corrected chi connectivity index (χ0v) is 94.2. The molecule has 7 aromatic carbocycles. The lowest BCUT2D eigenvalue weighted by atomic mass is 10.1. The Hall–Kier alpha value is -8.67. The molecular weight excluding hydrogens is 1630 g/mol. The van der Waals surface area contributed by atoms with E-state index in [1.807, 2.05) is 498 Å². The minimum Gasteiger partial charge on any atom is -0.353 e. The molecule has 1 saturated carbocycles. The molecule has 0 unspecified atom stereocenters. The SMILES string of the molecule is C1CCCC1.C1CNCN1.C1COCO1.C1CSCS1.CC.CC.CC.CC.CC.CC.CC.CC.CC.CC.CC.CC.CC.CC.CC.CC.CC.CC.CC.CC.CC.CC.c1ccc2ccccc2c1.c1ccc2cnccc2c1.c1ccc2cnncc2c1.c1ccc2nccnc2c1.c1ccc2nnccc2c1.c1ccccc1.c1cnc2ncccc2c1. The van der Waals surface area contributed by atoms with Gasteiger partial charge in [0, 0.05) is 95.1 Å². The number of nitrogens with zero attached hydrogens (tertiary/aromatic N) is 9. The van der Waals surface area contributed by atoms with Crippen molar-refractivity contribution in [3.05, 3.63) is 274 Å². The Morgan fingerprint density at radius 2 is 0.500 bits per heavy atom. The van der Waals surface area contributed by atoms with Crippen molar-refractivity contribution in [2.24, 2.45) is 0 Å². The molecule has 17 rings (SSSR count). The van der Waals surface area contributed by atoms with Crippen molar-refractivity contribution in [1.29, 1.82) is 0 Å². The van der Waals surface area contributed by atoms with E-state index < -0.39 is 0 Å². The van der Waals surface area contributed by atoms with Gasteiger partial charge in [-0.05, 0) is 76.1 Å². The zero-order valence-electron chi connectivity index (χ0n) is 92.5. The first kappa shape index (κ1) is 158. The zero-order chi connectivity index (χ0) is 103. The van der Waals surface area contributed by atoms with Crippen molar-refractivity contribution in [2.45, 2.75) is 337 Å². The summed E-state index contributed by atoms with van der Waals surface area (Å²) in [6.07, 6.45) is 23.3. The molecule has 0 amide bonds. The Morgan fingerprint density at radius 3 is 0.762 bits per heavy atom. The molecular formula is C115H207N11O2S2. The van der Waals surface area contributed by atoms with Gasteiger partial charge in [-0.25, -0.2) is 9.97 Å². The summed E-state index contributed by atoms with van der Waals surface area (Å²) in [5, 5.41) is 32.3. The first-order chi connectivity index (χ1) is 64.8. The Labute approximate surface area is 816 Å². The molecule has 130 heavy (non-hydrogen) atoms. The summed E-state index contributed by atoms with van der Waals surface area (Å²) in [5.41, 5.74) is 3.66. The molecule has 0 atom stereocenters. The van der Waals surface area contributed by atoms with Crippen LogP contribution in [0.1, 0.15) is 337 Å². The van der Waals surface area contributed by atoms with Crippen LogP contribution in [0.5, 0.6) is 0 Å². The van der Waals surface area contributed by atoms with Crippen LogP contribution >= 0.6 is 23.5 Å². The van der Waals surface area contributed by atoms with Gasteiger partial charge < -0.3 is 20.1 Å². The molecule has 4 fully saturated rings. The third-order valence-corrected chi connectivity index (χ3v) is 15.1. The van der Waals surface area contributed by atoms with Crippen molar-refractivity contribution in [3.63, 3.8) is 0 Å². The number of fused-ring (bicyclic) bond motifs is 6. The normalized spacial score (nSPS) is 9.69. The highest BCUT2D eigenvalue weighted by atomic mass is 32.2. The van der Waals surface area contributed by atoms with Crippen LogP contribution in [-0.4, -0.2) is 102 Å². The third kappa shape index (κ3) is 106. The van der Waals surface area contributed by atoms with E-state index in [9.17, 15) is 0 Å². The molecule has 3 aliphatic heterocycles. The van der Waals surface area contributed by atoms with E-state index in [1.54, 1.807) is 43.4 Å².